The summed E-state index contributed by atoms with van der Waals surface area (Å²) in [5.41, 5.74) is -1.03. The Bertz CT molecular complexity index is 2110. The number of rotatable bonds is 11. The number of benzene rings is 1. The molecule has 0 spiro atoms. The molecular formula is C55H82ClNO9. The van der Waals surface area contributed by atoms with Crippen LogP contribution in [0.15, 0.2) is 35.4 Å². The van der Waals surface area contributed by atoms with Crippen LogP contribution in [0.2, 0.25) is 5.02 Å². The van der Waals surface area contributed by atoms with E-state index in [4.69, 9.17) is 30.5 Å². The van der Waals surface area contributed by atoms with Gasteiger partial charge in [-0.3, -0.25) is 19.2 Å². The molecule has 0 aliphatic heterocycles. The zero-order valence-corrected chi connectivity index (χ0v) is 44.0. The van der Waals surface area contributed by atoms with Crippen molar-refractivity contribution >= 4 is 41.4 Å². The number of hydrogen-bond acceptors (Lipinski definition) is 9. The predicted molar refractivity (Wildman–Crippen MR) is 257 cm³/mol. The summed E-state index contributed by atoms with van der Waals surface area (Å²) < 4.78 is 24.5. The molecule has 4 saturated carbocycles. The van der Waals surface area contributed by atoms with Gasteiger partial charge in [0.1, 0.15) is 23.4 Å². The summed E-state index contributed by atoms with van der Waals surface area (Å²) in [6.07, 6.45) is 5.63. The second-order valence-corrected chi connectivity index (χ2v) is 25.7. The summed E-state index contributed by atoms with van der Waals surface area (Å²) in [5, 5.41) is 0.519. The van der Waals surface area contributed by atoms with E-state index in [1.54, 1.807) is 24.8 Å². The van der Waals surface area contributed by atoms with E-state index in [1.165, 1.54) is 6.92 Å². The first-order valence-corrected chi connectivity index (χ1v) is 25.2. The number of amides is 1. The first-order chi connectivity index (χ1) is 30.2. The van der Waals surface area contributed by atoms with Crippen molar-refractivity contribution in [3.8, 4) is 0 Å². The average molecular weight is 937 g/mol. The molecule has 1 amide bonds. The first kappa shape index (κ1) is 52.0. The molecule has 1 aromatic carbocycles. The molecule has 1 aromatic rings. The van der Waals surface area contributed by atoms with E-state index in [-0.39, 0.29) is 77.3 Å². The molecule has 0 saturated heterocycles. The first-order valence-electron chi connectivity index (χ1n) is 24.8. The van der Waals surface area contributed by atoms with Crippen molar-refractivity contribution in [3.05, 3.63) is 46.0 Å². The summed E-state index contributed by atoms with van der Waals surface area (Å²) in [7, 11) is 0. The van der Waals surface area contributed by atoms with E-state index in [0.29, 0.717) is 23.3 Å². The maximum absolute atomic E-state index is 14.7. The standard InChI is InChI=1S/C55H82ClNO9/c1-33(2)44-38(59)29-55(42(63-34(3)58)32-57(47(62)66-49(7,8)9)31-35-19-17-18-20-37(35)56)28-27-53(15)36(45(44)55)21-22-40-52(14)25-24-41(51(12,13)39(52)23-26-54(40,53)16)64-43(60)30-50(10,11)46(61)65-48(4,5)6/h17-20,33,36,39-42H,21-32H2,1-16H3/t36-,39+,40-,41+,42-,52+,53-,54-,55+/m1/s1. The van der Waals surface area contributed by atoms with Gasteiger partial charge in [0.25, 0.3) is 0 Å². The molecule has 0 radical (unpaired) electrons. The van der Waals surface area contributed by atoms with E-state index in [1.807, 2.05) is 59.7 Å². The van der Waals surface area contributed by atoms with Crippen molar-refractivity contribution < 1.29 is 42.9 Å². The smallest absolute Gasteiger partial charge is 0.410 e. The number of esters is 3. The van der Waals surface area contributed by atoms with E-state index < -0.39 is 46.2 Å². The van der Waals surface area contributed by atoms with Gasteiger partial charge in [-0.1, -0.05) is 78.3 Å². The lowest BCUT2D eigenvalue weighted by Gasteiger charge is -2.72. The van der Waals surface area contributed by atoms with Crippen molar-refractivity contribution in [2.45, 2.75) is 205 Å². The highest BCUT2D eigenvalue weighted by molar-refractivity contribution is 6.31. The Hall–Kier alpha value is -3.40. The molecule has 5 aliphatic carbocycles. The number of carbonyl (C=O) groups is 5. The molecule has 0 heterocycles. The van der Waals surface area contributed by atoms with Crippen LogP contribution in [-0.4, -0.2) is 64.6 Å². The molecule has 0 N–H and O–H groups in total. The fourth-order valence-electron chi connectivity index (χ4n) is 14.4. The Kier molecular flexibility index (Phi) is 14.1. The molecule has 368 valence electrons. The number of allylic oxidation sites excluding steroid dienone is 1. The van der Waals surface area contributed by atoms with E-state index in [2.05, 4.69) is 48.5 Å². The van der Waals surface area contributed by atoms with Crippen molar-refractivity contribution in [1.82, 2.24) is 4.90 Å². The van der Waals surface area contributed by atoms with Crippen LogP contribution in [0.1, 0.15) is 181 Å². The van der Waals surface area contributed by atoms with Crippen LogP contribution in [0.3, 0.4) is 0 Å². The Labute approximate surface area is 401 Å². The zero-order chi connectivity index (χ0) is 49.4. The van der Waals surface area contributed by atoms with Crippen molar-refractivity contribution in [1.29, 1.82) is 0 Å². The lowest BCUT2D eigenvalue weighted by Crippen LogP contribution is -2.66. The highest BCUT2D eigenvalue weighted by Crippen LogP contribution is 2.77. The van der Waals surface area contributed by atoms with Gasteiger partial charge >= 0.3 is 24.0 Å². The molecule has 0 unspecified atom stereocenters. The van der Waals surface area contributed by atoms with Gasteiger partial charge in [-0.15, -0.1) is 0 Å². The SMILES string of the molecule is CC(=O)O[C@H](CN(Cc1ccccc1Cl)C(=O)OC(C)(C)C)[C@@]12CC[C@]3(C)[C@H](CC[C@@H]4[C@@]5(C)CC[C@H](OC(=O)CC(C)(C)C(=O)OC(C)(C)C)C(C)(C)[C@@H]5CC[C@]43C)C1=C(C(C)C)C(=O)C2. The Morgan fingerprint density at radius 2 is 1.44 bits per heavy atom. The molecule has 6 rings (SSSR count). The van der Waals surface area contributed by atoms with Crippen molar-refractivity contribution in [2.24, 2.45) is 56.2 Å². The lowest BCUT2D eigenvalue weighted by atomic mass is 9.33. The number of carbonyl (C=O) groups excluding carboxylic acids is 5. The van der Waals surface area contributed by atoms with Crippen molar-refractivity contribution in [3.63, 3.8) is 0 Å². The largest absolute Gasteiger partial charge is 0.462 e. The van der Waals surface area contributed by atoms with Gasteiger partial charge in [-0.25, -0.2) is 4.79 Å². The summed E-state index contributed by atoms with van der Waals surface area (Å²) >= 11 is 6.69. The number of nitrogens with zero attached hydrogens (tertiary/aromatic N) is 1. The molecule has 0 bridgehead atoms. The highest BCUT2D eigenvalue weighted by Gasteiger charge is 2.71. The van der Waals surface area contributed by atoms with E-state index in [0.717, 1.165) is 61.7 Å². The lowest BCUT2D eigenvalue weighted by molar-refractivity contribution is -0.235. The maximum atomic E-state index is 14.7. The molecule has 0 aromatic heterocycles. The van der Waals surface area contributed by atoms with Crippen LogP contribution < -0.4 is 0 Å². The summed E-state index contributed by atoms with van der Waals surface area (Å²) in [4.78, 5) is 70.4. The predicted octanol–water partition coefficient (Wildman–Crippen LogP) is 12.7. The Morgan fingerprint density at radius 1 is 0.803 bits per heavy atom. The van der Waals surface area contributed by atoms with Crippen LogP contribution in [0, 0.1) is 56.2 Å². The molecule has 9 atom stereocenters. The highest BCUT2D eigenvalue weighted by atomic mass is 35.5. The van der Waals surface area contributed by atoms with E-state index in [9.17, 15) is 24.0 Å². The van der Waals surface area contributed by atoms with Gasteiger partial charge in [-0.05, 0) is 169 Å². The average Bonchev–Trinajstić information content (AvgIpc) is 3.48. The third-order valence-electron chi connectivity index (χ3n) is 17.5. The van der Waals surface area contributed by atoms with Crippen LogP contribution in [-0.2, 0) is 44.7 Å². The third kappa shape index (κ3) is 9.49. The summed E-state index contributed by atoms with van der Waals surface area (Å²) in [5.74, 6) is -0.372. The van der Waals surface area contributed by atoms with E-state index >= 15 is 0 Å². The minimum absolute atomic E-state index is 0.0225. The number of ketones is 1. The second-order valence-electron chi connectivity index (χ2n) is 25.3. The monoisotopic (exact) mass is 936 g/mol. The topological polar surface area (TPSA) is 126 Å². The Morgan fingerprint density at radius 3 is 2.03 bits per heavy atom. The quantitative estimate of drug-likeness (QED) is 0.157. The van der Waals surface area contributed by atoms with Crippen LogP contribution in [0.4, 0.5) is 4.79 Å². The van der Waals surface area contributed by atoms with Crippen LogP contribution in [0.5, 0.6) is 0 Å². The van der Waals surface area contributed by atoms with Crippen LogP contribution >= 0.6 is 11.6 Å². The van der Waals surface area contributed by atoms with Gasteiger partial charge in [0.2, 0.25) is 0 Å². The molecule has 4 fully saturated rings. The Balaban J connectivity index is 1.32. The van der Waals surface area contributed by atoms with Gasteiger partial charge in [0.05, 0.1) is 24.9 Å². The summed E-state index contributed by atoms with van der Waals surface area (Å²) in [6.45, 7) is 32.4. The van der Waals surface area contributed by atoms with Gasteiger partial charge in [-0.2, -0.15) is 0 Å². The minimum atomic E-state index is -1.02. The molecule has 10 nitrogen and oxygen atoms in total. The minimum Gasteiger partial charge on any atom is -0.462 e. The van der Waals surface area contributed by atoms with Gasteiger partial charge in [0.15, 0.2) is 5.78 Å². The zero-order valence-electron chi connectivity index (χ0n) is 43.3. The normalized spacial score (nSPS) is 32.3. The fraction of sp³-hybridized carbons (Fsp3) is 0.764. The molecule has 66 heavy (non-hydrogen) atoms. The molecular weight excluding hydrogens is 854 g/mol. The third-order valence-corrected chi connectivity index (χ3v) is 17.9. The number of ether oxygens (including phenoxy) is 4. The second kappa shape index (κ2) is 17.8. The number of halogens is 1. The fourth-order valence-corrected chi connectivity index (χ4v) is 14.6. The number of hydrogen-bond donors (Lipinski definition) is 0. The number of fused-ring (bicyclic) bond motifs is 7. The number of Topliss-reactive ketones (excluding diaryl/α,β-unsaturated/α-hetero) is 1. The summed E-state index contributed by atoms with van der Waals surface area (Å²) in [6, 6.07) is 7.41. The molecule has 5 aliphatic rings. The molecule has 11 heteroatoms. The maximum Gasteiger partial charge on any atom is 0.410 e. The van der Waals surface area contributed by atoms with Crippen LogP contribution in [0.25, 0.3) is 0 Å². The van der Waals surface area contributed by atoms with Gasteiger partial charge < -0.3 is 23.8 Å². The van der Waals surface area contributed by atoms with Gasteiger partial charge in [0, 0.05) is 29.2 Å². The van der Waals surface area contributed by atoms with Crippen molar-refractivity contribution in [2.75, 3.05) is 6.54 Å².